The van der Waals surface area contributed by atoms with Crippen LogP contribution < -0.4 is 4.90 Å². The Balaban J connectivity index is 1.43. The van der Waals surface area contributed by atoms with Crippen LogP contribution in [0.5, 0.6) is 0 Å². The molecule has 1 fully saturated rings. The van der Waals surface area contributed by atoms with Crippen LogP contribution in [0.3, 0.4) is 0 Å². The molecular weight excluding hydrogens is 362 g/mol. The van der Waals surface area contributed by atoms with E-state index in [1.807, 2.05) is 49.1 Å². The predicted molar refractivity (Wildman–Crippen MR) is 115 cm³/mol. The third kappa shape index (κ3) is 4.24. The second kappa shape index (κ2) is 8.19. The first-order valence-electron chi connectivity index (χ1n) is 10.3. The fraction of sp³-hybridized carbons (Fsp3) is 0.375. The first kappa shape index (κ1) is 19.4. The van der Waals surface area contributed by atoms with Crippen molar-refractivity contribution in [3.05, 3.63) is 65.0 Å². The normalized spacial score (nSPS) is 17.2. The van der Waals surface area contributed by atoms with Gasteiger partial charge in [0.05, 0.1) is 6.42 Å². The Morgan fingerprint density at radius 3 is 2.28 bits per heavy atom. The fourth-order valence-electron chi connectivity index (χ4n) is 4.34. The topological polar surface area (TPSA) is 53.5 Å². The van der Waals surface area contributed by atoms with Gasteiger partial charge in [-0.1, -0.05) is 30.3 Å². The Hall–Kier alpha value is -2.95. The highest BCUT2D eigenvalue weighted by atomic mass is 16.2. The minimum atomic E-state index is 0.0606. The Morgan fingerprint density at radius 1 is 0.966 bits per heavy atom. The molecule has 1 aliphatic heterocycles. The summed E-state index contributed by atoms with van der Waals surface area (Å²) < 4.78 is 0. The summed E-state index contributed by atoms with van der Waals surface area (Å²) in [4.78, 5) is 34.0. The molecule has 1 aromatic carbocycles. The van der Waals surface area contributed by atoms with Gasteiger partial charge in [-0.3, -0.25) is 14.6 Å². The number of carbonyl (C=O) groups excluding carboxylic acids is 2. The lowest BCUT2D eigenvalue weighted by atomic mass is 9.99. The van der Waals surface area contributed by atoms with Gasteiger partial charge < -0.3 is 9.80 Å². The van der Waals surface area contributed by atoms with Crippen LogP contribution in [0.25, 0.3) is 5.57 Å². The molecule has 1 aromatic heterocycles. The second-order valence-corrected chi connectivity index (χ2v) is 7.90. The summed E-state index contributed by atoms with van der Waals surface area (Å²) in [6.45, 7) is 6.98. The van der Waals surface area contributed by atoms with E-state index in [9.17, 15) is 9.59 Å². The van der Waals surface area contributed by atoms with E-state index in [2.05, 4.69) is 22.0 Å². The quantitative estimate of drug-likeness (QED) is 0.802. The lowest BCUT2D eigenvalue weighted by Gasteiger charge is -2.36. The average Bonchev–Trinajstić information content (AvgIpc) is 3.08. The number of benzene rings is 1. The van der Waals surface area contributed by atoms with E-state index in [1.54, 1.807) is 0 Å². The molecule has 29 heavy (non-hydrogen) atoms. The number of piperazine rings is 1. The van der Waals surface area contributed by atoms with Gasteiger partial charge in [-0.05, 0) is 43.5 Å². The van der Waals surface area contributed by atoms with Crippen LogP contribution in [-0.2, 0) is 9.59 Å². The second-order valence-electron chi connectivity index (χ2n) is 7.90. The van der Waals surface area contributed by atoms with E-state index in [0.29, 0.717) is 25.1 Å². The van der Waals surface area contributed by atoms with E-state index < -0.39 is 0 Å². The summed E-state index contributed by atoms with van der Waals surface area (Å²) >= 11 is 0. The molecule has 1 saturated heterocycles. The average molecular weight is 389 g/mol. The molecule has 0 saturated carbocycles. The summed E-state index contributed by atoms with van der Waals surface area (Å²) in [6.07, 6.45) is 1.47. The lowest BCUT2D eigenvalue weighted by Crippen LogP contribution is -2.49. The molecule has 0 bridgehead atoms. The maximum Gasteiger partial charge on any atom is 0.227 e. The Bertz CT molecular complexity index is 937. The largest absolute Gasteiger partial charge is 0.368 e. The summed E-state index contributed by atoms with van der Waals surface area (Å²) in [5, 5.41) is 0. The molecule has 150 valence electrons. The number of aryl methyl sites for hydroxylation is 2. The molecule has 0 radical (unpaired) electrons. The van der Waals surface area contributed by atoms with Crippen LogP contribution >= 0.6 is 0 Å². The summed E-state index contributed by atoms with van der Waals surface area (Å²) in [7, 11) is 0. The number of carbonyl (C=O) groups is 2. The maximum absolute atomic E-state index is 12.9. The van der Waals surface area contributed by atoms with Gasteiger partial charge in [0.25, 0.3) is 0 Å². The summed E-state index contributed by atoms with van der Waals surface area (Å²) in [5.74, 6) is 0.184. The van der Waals surface area contributed by atoms with Gasteiger partial charge in [-0.2, -0.15) is 0 Å². The number of nitrogens with zero attached hydrogens (tertiary/aromatic N) is 3. The van der Waals surface area contributed by atoms with Crippen molar-refractivity contribution in [3.8, 4) is 0 Å². The smallest absolute Gasteiger partial charge is 0.227 e. The van der Waals surface area contributed by atoms with Gasteiger partial charge >= 0.3 is 0 Å². The van der Waals surface area contributed by atoms with Crippen molar-refractivity contribution in [2.75, 3.05) is 31.1 Å². The Labute approximate surface area is 172 Å². The minimum Gasteiger partial charge on any atom is -0.368 e. The number of ketones is 1. The van der Waals surface area contributed by atoms with E-state index in [4.69, 9.17) is 0 Å². The van der Waals surface area contributed by atoms with E-state index in [1.165, 1.54) is 5.69 Å². The van der Waals surface area contributed by atoms with Crippen LogP contribution in [0.15, 0.2) is 48.0 Å². The van der Waals surface area contributed by atoms with Gasteiger partial charge in [0, 0.05) is 55.2 Å². The number of rotatable bonds is 4. The molecule has 2 aromatic rings. The fourth-order valence-corrected chi connectivity index (χ4v) is 4.34. The highest BCUT2D eigenvalue weighted by Gasteiger charge is 2.29. The SMILES string of the molecule is Cc1cc(N2CCN(C(=O)CC3=C(c4ccccc4)CCC3=O)CC2)cc(C)n1. The molecule has 5 nitrogen and oxygen atoms in total. The van der Waals surface area contributed by atoms with Crippen LogP contribution in [0, 0.1) is 13.8 Å². The molecule has 4 rings (SSSR count). The third-order valence-electron chi connectivity index (χ3n) is 5.82. The molecule has 2 aliphatic rings. The molecular formula is C24H27N3O2. The number of anilines is 1. The lowest BCUT2D eigenvalue weighted by molar-refractivity contribution is -0.131. The van der Waals surface area contributed by atoms with Crippen LogP contribution in [-0.4, -0.2) is 47.8 Å². The minimum absolute atomic E-state index is 0.0606. The molecule has 1 amide bonds. The summed E-state index contributed by atoms with van der Waals surface area (Å²) in [6, 6.07) is 14.2. The van der Waals surface area contributed by atoms with Gasteiger partial charge in [0.1, 0.15) is 0 Å². The first-order chi connectivity index (χ1) is 14.0. The first-order valence-corrected chi connectivity index (χ1v) is 10.3. The molecule has 0 N–H and O–H groups in total. The zero-order valence-corrected chi connectivity index (χ0v) is 17.1. The highest BCUT2D eigenvalue weighted by Crippen LogP contribution is 2.33. The number of aromatic nitrogens is 1. The van der Waals surface area contributed by atoms with E-state index >= 15 is 0 Å². The van der Waals surface area contributed by atoms with E-state index in [-0.39, 0.29) is 18.1 Å². The maximum atomic E-state index is 12.9. The van der Waals surface area contributed by atoms with Gasteiger partial charge in [-0.25, -0.2) is 0 Å². The summed E-state index contributed by atoms with van der Waals surface area (Å²) in [5.41, 5.74) is 6.02. The number of hydrogen-bond acceptors (Lipinski definition) is 4. The van der Waals surface area contributed by atoms with Gasteiger partial charge in [0.2, 0.25) is 5.91 Å². The van der Waals surface area contributed by atoms with E-state index in [0.717, 1.165) is 42.0 Å². The van der Waals surface area contributed by atoms with Crippen molar-refractivity contribution >= 4 is 23.0 Å². The zero-order chi connectivity index (χ0) is 20.4. The molecule has 0 atom stereocenters. The molecule has 0 spiro atoms. The van der Waals surface area contributed by atoms with Crippen LogP contribution in [0.2, 0.25) is 0 Å². The number of hydrogen-bond donors (Lipinski definition) is 0. The number of amides is 1. The monoisotopic (exact) mass is 389 g/mol. The third-order valence-corrected chi connectivity index (χ3v) is 5.82. The van der Waals surface area contributed by atoms with Crippen molar-refractivity contribution in [1.29, 1.82) is 0 Å². The van der Waals surface area contributed by atoms with Crippen molar-refractivity contribution in [3.63, 3.8) is 0 Å². The molecule has 0 unspecified atom stereocenters. The van der Waals surface area contributed by atoms with Crippen molar-refractivity contribution < 1.29 is 9.59 Å². The molecule has 5 heteroatoms. The number of allylic oxidation sites excluding steroid dienone is 1. The van der Waals surface area contributed by atoms with Gasteiger partial charge in [-0.15, -0.1) is 0 Å². The van der Waals surface area contributed by atoms with Crippen molar-refractivity contribution in [2.24, 2.45) is 0 Å². The molecule has 1 aliphatic carbocycles. The Morgan fingerprint density at radius 2 is 1.62 bits per heavy atom. The van der Waals surface area contributed by atoms with Crippen molar-refractivity contribution in [1.82, 2.24) is 9.88 Å². The van der Waals surface area contributed by atoms with Crippen molar-refractivity contribution in [2.45, 2.75) is 33.1 Å². The predicted octanol–water partition coefficient (Wildman–Crippen LogP) is 3.55. The van der Waals surface area contributed by atoms with Crippen LogP contribution in [0.1, 0.15) is 36.2 Å². The number of pyridine rings is 1. The standard InChI is InChI=1S/C24H27N3O2/c1-17-14-20(15-18(2)25-17)26-10-12-27(13-11-26)24(29)16-22-21(8-9-23(22)28)19-6-4-3-5-7-19/h3-7,14-15H,8-13,16H2,1-2H3. The zero-order valence-electron chi connectivity index (χ0n) is 17.1. The van der Waals surface area contributed by atoms with Gasteiger partial charge in [0.15, 0.2) is 5.78 Å². The highest BCUT2D eigenvalue weighted by molar-refractivity contribution is 6.10. The number of Topliss-reactive ketones (excluding diaryl/α,β-unsaturated/α-hetero) is 1. The van der Waals surface area contributed by atoms with Crippen LogP contribution in [0.4, 0.5) is 5.69 Å². The Kier molecular flexibility index (Phi) is 5.47. The molecule has 2 heterocycles.